The molecule has 0 amide bonds. The van der Waals surface area contributed by atoms with Crippen molar-refractivity contribution in [2.24, 2.45) is 0 Å². The summed E-state index contributed by atoms with van der Waals surface area (Å²) in [5.41, 5.74) is 0.761. The zero-order chi connectivity index (χ0) is 14.5. The van der Waals surface area contributed by atoms with E-state index in [1.807, 2.05) is 0 Å². The minimum absolute atomic E-state index is 0.0282. The zero-order valence-corrected chi connectivity index (χ0v) is 11.1. The predicted molar refractivity (Wildman–Crippen MR) is 68.9 cm³/mol. The van der Waals surface area contributed by atoms with Crippen LogP contribution in [0.4, 0.5) is 0 Å². The van der Waals surface area contributed by atoms with Gasteiger partial charge in [0, 0.05) is 6.54 Å². The van der Waals surface area contributed by atoms with Crippen molar-refractivity contribution >= 4 is 16.0 Å². The van der Waals surface area contributed by atoms with Gasteiger partial charge in [0.2, 0.25) is 10.0 Å². The van der Waals surface area contributed by atoms with Crippen LogP contribution in [-0.4, -0.2) is 24.7 Å². The summed E-state index contributed by atoms with van der Waals surface area (Å²) in [5.74, 6) is -1.04. The third kappa shape index (κ3) is 4.05. The number of hydrogen-bond donors (Lipinski definition) is 2. The van der Waals surface area contributed by atoms with Gasteiger partial charge in [0.1, 0.15) is 0 Å². The van der Waals surface area contributed by atoms with Crippen LogP contribution in [0.1, 0.15) is 29.3 Å². The number of rotatable bonds is 6. The van der Waals surface area contributed by atoms with Gasteiger partial charge >= 0.3 is 5.97 Å². The Morgan fingerprint density at radius 3 is 2.42 bits per heavy atom. The van der Waals surface area contributed by atoms with Crippen LogP contribution >= 0.6 is 0 Å². The Hall–Kier alpha value is -1.91. The number of hydrogen-bond acceptors (Lipinski definition) is 4. The van der Waals surface area contributed by atoms with Crippen molar-refractivity contribution < 1.29 is 18.3 Å². The Balaban J connectivity index is 2.72. The van der Waals surface area contributed by atoms with E-state index in [9.17, 15) is 13.2 Å². The van der Waals surface area contributed by atoms with Crippen LogP contribution in [0.5, 0.6) is 0 Å². The van der Waals surface area contributed by atoms with Crippen molar-refractivity contribution in [3.05, 3.63) is 35.4 Å². The fourth-order valence-corrected chi connectivity index (χ4v) is 2.58. The minimum atomic E-state index is -3.67. The second-order valence-electron chi connectivity index (χ2n) is 3.89. The Bertz CT molecular complexity index is 587. The molecule has 0 aliphatic carbocycles. The SMILES string of the molecule is CCC(C#N)S(=O)(=O)NCc1ccc(C(=O)O)cc1. The number of carboxylic acids is 1. The molecule has 102 valence electrons. The molecule has 0 fully saturated rings. The van der Waals surface area contributed by atoms with Gasteiger partial charge in [-0.1, -0.05) is 19.1 Å². The highest BCUT2D eigenvalue weighted by Gasteiger charge is 2.22. The van der Waals surface area contributed by atoms with Gasteiger partial charge in [-0.05, 0) is 24.1 Å². The fourth-order valence-electron chi connectivity index (χ4n) is 1.43. The van der Waals surface area contributed by atoms with Crippen LogP contribution < -0.4 is 4.72 Å². The molecule has 0 bridgehead atoms. The number of carboxylic acid groups (broad SMARTS) is 1. The molecule has 0 spiro atoms. The van der Waals surface area contributed by atoms with Crippen molar-refractivity contribution in [2.75, 3.05) is 0 Å². The zero-order valence-electron chi connectivity index (χ0n) is 10.3. The summed E-state index contributed by atoms with van der Waals surface area (Å²) in [6, 6.07) is 7.57. The first-order valence-electron chi connectivity index (χ1n) is 5.61. The molecule has 1 unspecified atom stereocenters. The fraction of sp³-hybridized carbons (Fsp3) is 0.333. The van der Waals surface area contributed by atoms with Gasteiger partial charge in [-0.25, -0.2) is 17.9 Å². The Morgan fingerprint density at radius 2 is 2.00 bits per heavy atom. The molecular weight excluding hydrogens is 268 g/mol. The molecular formula is C12H14N2O4S. The van der Waals surface area contributed by atoms with Gasteiger partial charge in [-0.3, -0.25) is 0 Å². The number of nitrogens with one attached hydrogen (secondary N) is 1. The summed E-state index contributed by atoms with van der Waals surface area (Å²) < 4.78 is 25.8. The molecule has 0 aromatic heterocycles. The molecule has 0 aliphatic rings. The van der Waals surface area contributed by atoms with Crippen LogP contribution in [0.25, 0.3) is 0 Å². The van der Waals surface area contributed by atoms with Gasteiger partial charge in [-0.2, -0.15) is 5.26 Å². The van der Waals surface area contributed by atoms with Gasteiger partial charge < -0.3 is 5.11 Å². The molecule has 1 atom stereocenters. The number of benzene rings is 1. The van der Waals surface area contributed by atoms with E-state index in [0.29, 0.717) is 5.56 Å². The third-order valence-corrected chi connectivity index (χ3v) is 4.30. The maximum atomic E-state index is 11.7. The molecule has 19 heavy (non-hydrogen) atoms. The first kappa shape index (κ1) is 15.1. The van der Waals surface area contributed by atoms with Crippen molar-refractivity contribution in [3.8, 4) is 6.07 Å². The highest BCUT2D eigenvalue weighted by molar-refractivity contribution is 7.90. The minimum Gasteiger partial charge on any atom is -0.478 e. The first-order valence-corrected chi connectivity index (χ1v) is 7.15. The van der Waals surface area contributed by atoms with E-state index in [2.05, 4.69) is 4.72 Å². The van der Waals surface area contributed by atoms with E-state index in [1.54, 1.807) is 13.0 Å². The number of nitriles is 1. The first-order chi connectivity index (χ1) is 8.90. The lowest BCUT2D eigenvalue weighted by atomic mass is 10.1. The van der Waals surface area contributed by atoms with Crippen molar-refractivity contribution in [3.63, 3.8) is 0 Å². The van der Waals surface area contributed by atoms with Crippen LogP contribution in [-0.2, 0) is 16.6 Å². The average Bonchev–Trinajstić information content (AvgIpc) is 2.38. The predicted octanol–water partition coefficient (Wildman–Crippen LogP) is 1.11. The number of carbonyl (C=O) groups is 1. The quantitative estimate of drug-likeness (QED) is 0.812. The molecule has 1 aromatic rings. The van der Waals surface area contributed by atoms with Crippen molar-refractivity contribution in [1.29, 1.82) is 5.26 Å². The normalized spacial score (nSPS) is 12.6. The highest BCUT2D eigenvalue weighted by Crippen LogP contribution is 2.07. The molecule has 0 radical (unpaired) electrons. The van der Waals surface area contributed by atoms with Crippen LogP contribution in [0.2, 0.25) is 0 Å². The highest BCUT2D eigenvalue weighted by atomic mass is 32.2. The molecule has 0 saturated heterocycles. The maximum Gasteiger partial charge on any atom is 0.335 e. The lowest BCUT2D eigenvalue weighted by molar-refractivity contribution is 0.0697. The summed E-state index contributed by atoms with van der Waals surface area (Å²) in [6.45, 7) is 1.65. The summed E-state index contributed by atoms with van der Waals surface area (Å²) in [5, 5.41) is 16.4. The van der Waals surface area contributed by atoms with E-state index in [4.69, 9.17) is 10.4 Å². The number of sulfonamides is 1. The summed E-state index contributed by atoms with van der Waals surface area (Å²) >= 11 is 0. The summed E-state index contributed by atoms with van der Waals surface area (Å²) in [7, 11) is -3.67. The Labute approximate surface area is 111 Å². The average molecular weight is 282 g/mol. The standard InChI is InChI=1S/C12H14N2O4S/c1-2-11(7-13)19(17,18)14-8-9-3-5-10(6-4-9)12(15)16/h3-6,11,14H,2,8H2,1H3,(H,15,16). The van der Waals surface area contributed by atoms with E-state index in [0.717, 1.165) is 0 Å². The summed E-state index contributed by atoms with van der Waals surface area (Å²) in [6.07, 6.45) is 0.212. The molecule has 1 rings (SSSR count). The van der Waals surface area contributed by atoms with E-state index in [1.165, 1.54) is 24.3 Å². The maximum absolute atomic E-state index is 11.7. The molecule has 2 N–H and O–H groups in total. The lowest BCUT2D eigenvalue weighted by Gasteiger charge is -2.10. The van der Waals surface area contributed by atoms with Gasteiger partial charge in [0.25, 0.3) is 0 Å². The number of aromatic carboxylic acids is 1. The smallest absolute Gasteiger partial charge is 0.335 e. The third-order valence-electron chi connectivity index (χ3n) is 2.57. The van der Waals surface area contributed by atoms with Crippen molar-refractivity contribution in [2.45, 2.75) is 25.1 Å². The van der Waals surface area contributed by atoms with E-state index in [-0.39, 0.29) is 18.5 Å². The molecule has 7 heteroatoms. The largest absolute Gasteiger partial charge is 0.478 e. The molecule has 1 aromatic carbocycles. The van der Waals surface area contributed by atoms with Crippen molar-refractivity contribution in [1.82, 2.24) is 4.72 Å². The molecule has 0 heterocycles. The second kappa shape index (κ2) is 6.31. The van der Waals surface area contributed by atoms with E-state index >= 15 is 0 Å². The monoisotopic (exact) mass is 282 g/mol. The van der Waals surface area contributed by atoms with Gasteiger partial charge in [-0.15, -0.1) is 0 Å². The van der Waals surface area contributed by atoms with Gasteiger partial charge in [0.05, 0.1) is 11.6 Å². The topological polar surface area (TPSA) is 107 Å². The van der Waals surface area contributed by atoms with Gasteiger partial charge in [0.15, 0.2) is 5.25 Å². The summed E-state index contributed by atoms with van der Waals surface area (Å²) in [4.78, 5) is 10.6. The Kier molecular flexibility index (Phi) is 5.03. The van der Waals surface area contributed by atoms with Crippen LogP contribution in [0.3, 0.4) is 0 Å². The number of nitrogens with zero attached hydrogens (tertiary/aromatic N) is 1. The lowest BCUT2D eigenvalue weighted by Crippen LogP contribution is -2.32. The van der Waals surface area contributed by atoms with E-state index < -0.39 is 21.2 Å². The molecule has 0 aliphatic heterocycles. The second-order valence-corrected chi connectivity index (χ2v) is 5.84. The van der Waals surface area contributed by atoms with Crippen LogP contribution in [0.15, 0.2) is 24.3 Å². The molecule has 6 nitrogen and oxygen atoms in total. The van der Waals surface area contributed by atoms with Crippen LogP contribution in [0, 0.1) is 11.3 Å². The molecule has 0 saturated carbocycles. The Morgan fingerprint density at radius 1 is 1.42 bits per heavy atom.